The van der Waals surface area contributed by atoms with Crippen molar-refractivity contribution in [1.82, 2.24) is 6.15 Å². The minimum atomic E-state index is -3.46. The molecule has 0 spiro atoms. The Bertz CT molecular complexity index is 366. The molecule has 0 aromatic heterocycles. The van der Waals surface area contributed by atoms with E-state index in [1.807, 2.05) is 0 Å². The van der Waals surface area contributed by atoms with E-state index in [1.54, 1.807) is 0 Å². The number of hydrogen-bond acceptors (Lipinski definition) is 4. The molecule has 29 heavy (non-hydrogen) atoms. The summed E-state index contributed by atoms with van der Waals surface area (Å²) in [5.41, 5.74) is 0. The summed E-state index contributed by atoms with van der Waals surface area (Å²) in [5, 5.41) is 0. The van der Waals surface area contributed by atoms with Crippen LogP contribution in [0.5, 0.6) is 0 Å². The summed E-state index contributed by atoms with van der Waals surface area (Å²) in [6, 6.07) is 0. The highest BCUT2D eigenvalue weighted by Crippen LogP contribution is 2.34. The van der Waals surface area contributed by atoms with Gasteiger partial charge in [-0.2, -0.15) is 0 Å². The molecule has 0 unspecified atom stereocenters. The zero-order valence-corrected chi connectivity index (χ0v) is 21.3. The van der Waals surface area contributed by atoms with Crippen molar-refractivity contribution in [2.45, 2.75) is 130 Å². The average Bonchev–Trinajstić information content (AvgIpc) is 2.69. The molecule has 0 fully saturated rings. The number of rotatable bonds is 22. The Balaban J connectivity index is 0. The summed E-state index contributed by atoms with van der Waals surface area (Å²) < 4.78 is 26.9. The summed E-state index contributed by atoms with van der Waals surface area (Å²) in [4.78, 5) is 0. The summed E-state index contributed by atoms with van der Waals surface area (Å²) in [6.07, 6.45) is 18.1. The summed E-state index contributed by atoms with van der Waals surface area (Å²) in [5.74, 6) is 1.20. The Morgan fingerprint density at radius 2 is 0.793 bits per heavy atom. The van der Waals surface area contributed by atoms with E-state index < -0.39 is 9.63 Å². The maximum atomic E-state index is 14.3. The molecule has 3 N–H and O–H groups in total. The second-order valence-corrected chi connectivity index (χ2v) is 11.9. The highest BCUT2D eigenvalue weighted by atomic mass is 32.3. The standard InChI is InChI=1S/C24H52O3S.H3N/c1-5-9-13-17-21-26-28(25,23-19-15-11-7-3,24-20-16-12-8-4)27-22-18-14-10-6-2;/h5-24H2,1-4H3;1H3. The van der Waals surface area contributed by atoms with E-state index in [2.05, 4.69) is 27.7 Å². The van der Waals surface area contributed by atoms with Gasteiger partial charge in [0.15, 0.2) is 0 Å². The molecule has 0 atom stereocenters. The van der Waals surface area contributed by atoms with Crippen molar-refractivity contribution in [3.05, 3.63) is 0 Å². The normalized spacial score (nSPS) is 13.0. The van der Waals surface area contributed by atoms with Crippen molar-refractivity contribution < 1.29 is 12.6 Å². The van der Waals surface area contributed by atoms with E-state index in [1.165, 1.54) is 51.4 Å². The summed E-state index contributed by atoms with van der Waals surface area (Å²) in [6.45, 7) is 10.0. The van der Waals surface area contributed by atoms with Crippen LogP contribution >= 0.6 is 0 Å². The van der Waals surface area contributed by atoms with E-state index in [4.69, 9.17) is 8.37 Å². The Morgan fingerprint density at radius 3 is 1.10 bits per heavy atom. The third-order valence-electron chi connectivity index (χ3n) is 5.47. The Kier molecular flexibility index (Phi) is 21.5. The number of unbranched alkanes of at least 4 members (excludes halogenated alkanes) is 12. The molecule has 0 aliphatic heterocycles. The molecule has 5 heteroatoms. The van der Waals surface area contributed by atoms with Gasteiger partial charge in [-0.1, -0.05) is 105 Å². The molecule has 0 rings (SSSR count). The molecule has 0 amide bonds. The molecular formula is C24H55NO3S. The molecule has 180 valence electrons. The molecule has 0 saturated carbocycles. The van der Waals surface area contributed by atoms with Crippen LogP contribution in [-0.2, 0) is 18.0 Å². The van der Waals surface area contributed by atoms with Crippen LogP contribution in [0.1, 0.15) is 130 Å². The zero-order chi connectivity index (χ0) is 21.0. The first-order chi connectivity index (χ1) is 13.5. The Labute approximate surface area is 183 Å². The zero-order valence-electron chi connectivity index (χ0n) is 20.5. The van der Waals surface area contributed by atoms with Crippen LogP contribution in [-0.4, -0.2) is 28.9 Å². The van der Waals surface area contributed by atoms with Gasteiger partial charge in [0.05, 0.1) is 22.8 Å². The second kappa shape index (κ2) is 20.0. The lowest BCUT2D eigenvalue weighted by Crippen LogP contribution is -2.45. The van der Waals surface area contributed by atoms with Crippen LogP contribution in [0, 0.1) is 0 Å². The fraction of sp³-hybridized carbons (Fsp3) is 1.00. The van der Waals surface area contributed by atoms with Crippen LogP contribution in [0.25, 0.3) is 0 Å². The first-order valence-corrected chi connectivity index (χ1v) is 14.6. The molecule has 0 aromatic carbocycles. The summed E-state index contributed by atoms with van der Waals surface area (Å²) >= 11 is 0. The minimum Gasteiger partial charge on any atom is -0.344 e. The second-order valence-electron chi connectivity index (χ2n) is 8.41. The molecule has 0 heterocycles. The van der Waals surface area contributed by atoms with Gasteiger partial charge in [0.2, 0.25) is 0 Å². The molecule has 0 aromatic rings. The predicted molar refractivity (Wildman–Crippen MR) is 131 cm³/mol. The van der Waals surface area contributed by atoms with E-state index in [0.717, 1.165) is 51.4 Å². The third-order valence-corrected chi connectivity index (χ3v) is 9.01. The minimum absolute atomic E-state index is 0. The maximum Gasteiger partial charge on any atom is 0.0873 e. The quantitative estimate of drug-likeness (QED) is 0.173. The van der Waals surface area contributed by atoms with Crippen LogP contribution in [0.3, 0.4) is 0 Å². The van der Waals surface area contributed by atoms with Crippen molar-refractivity contribution >= 4 is 9.63 Å². The monoisotopic (exact) mass is 437 g/mol. The van der Waals surface area contributed by atoms with Gasteiger partial charge >= 0.3 is 0 Å². The van der Waals surface area contributed by atoms with Gasteiger partial charge < -0.3 is 6.15 Å². The predicted octanol–water partition coefficient (Wildman–Crippen LogP) is 8.15. The first kappa shape index (κ1) is 31.2. The van der Waals surface area contributed by atoms with E-state index in [9.17, 15) is 4.21 Å². The molecule has 0 radical (unpaired) electrons. The van der Waals surface area contributed by atoms with Crippen molar-refractivity contribution in [2.24, 2.45) is 0 Å². The van der Waals surface area contributed by atoms with Crippen LogP contribution in [0.4, 0.5) is 0 Å². The van der Waals surface area contributed by atoms with Crippen molar-refractivity contribution in [1.29, 1.82) is 0 Å². The largest absolute Gasteiger partial charge is 0.344 e. The van der Waals surface area contributed by atoms with Gasteiger partial charge in [-0.3, -0.25) is 8.37 Å². The molecule has 0 aliphatic rings. The first-order valence-electron chi connectivity index (χ1n) is 12.5. The van der Waals surface area contributed by atoms with Gasteiger partial charge in [0.25, 0.3) is 0 Å². The molecule has 0 saturated heterocycles. The van der Waals surface area contributed by atoms with Gasteiger partial charge in [-0.05, 0) is 25.7 Å². The van der Waals surface area contributed by atoms with Crippen molar-refractivity contribution in [3.8, 4) is 0 Å². The lowest BCUT2D eigenvalue weighted by molar-refractivity contribution is 0.202. The van der Waals surface area contributed by atoms with E-state index in [-0.39, 0.29) is 6.15 Å². The van der Waals surface area contributed by atoms with E-state index >= 15 is 0 Å². The highest BCUT2D eigenvalue weighted by Gasteiger charge is 2.37. The SMILES string of the molecule is CCCCCCOS(=O)(CCCCCC)(CCCCCC)OCCCCCC.N. The smallest absolute Gasteiger partial charge is 0.0873 e. The van der Waals surface area contributed by atoms with Gasteiger partial charge in [0.1, 0.15) is 0 Å². The average molecular weight is 438 g/mol. The van der Waals surface area contributed by atoms with Gasteiger partial charge in [-0.25, -0.2) is 4.21 Å². The van der Waals surface area contributed by atoms with E-state index in [0.29, 0.717) is 24.7 Å². The lowest BCUT2D eigenvalue weighted by atomic mass is 10.2. The Morgan fingerprint density at radius 1 is 0.483 bits per heavy atom. The van der Waals surface area contributed by atoms with Crippen LogP contribution in [0.15, 0.2) is 0 Å². The molecule has 4 nitrogen and oxygen atoms in total. The fourth-order valence-electron chi connectivity index (χ4n) is 3.53. The topological polar surface area (TPSA) is 70.5 Å². The molecule has 0 bridgehead atoms. The van der Waals surface area contributed by atoms with Crippen LogP contribution in [0.2, 0.25) is 0 Å². The molecular weight excluding hydrogens is 382 g/mol. The fourth-order valence-corrected chi connectivity index (χ4v) is 6.78. The summed E-state index contributed by atoms with van der Waals surface area (Å²) in [7, 11) is -3.46. The van der Waals surface area contributed by atoms with Gasteiger partial charge in [0, 0.05) is 11.5 Å². The van der Waals surface area contributed by atoms with Crippen LogP contribution < -0.4 is 6.15 Å². The highest BCUT2D eigenvalue weighted by molar-refractivity contribution is 8.11. The number of hydrogen-bond donors (Lipinski definition) is 1. The van der Waals surface area contributed by atoms with Crippen molar-refractivity contribution in [3.63, 3.8) is 0 Å². The molecule has 0 aliphatic carbocycles. The van der Waals surface area contributed by atoms with Gasteiger partial charge in [-0.15, -0.1) is 0 Å². The third kappa shape index (κ3) is 16.4. The Hall–Kier alpha value is 0.0300. The lowest BCUT2D eigenvalue weighted by Gasteiger charge is -2.42. The maximum absolute atomic E-state index is 14.3. The van der Waals surface area contributed by atoms with Crippen molar-refractivity contribution in [2.75, 3.05) is 24.7 Å².